The van der Waals surface area contributed by atoms with Crippen LogP contribution in [0.15, 0.2) is 29.0 Å². The normalized spacial score (nSPS) is 18.2. The van der Waals surface area contributed by atoms with Crippen LogP contribution in [-0.4, -0.2) is 43.7 Å². The number of carbonyl (C=O) groups is 1. The predicted molar refractivity (Wildman–Crippen MR) is 72.5 cm³/mol. The second kappa shape index (κ2) is 6.68. The second-order valence-corrected chi connectivity index (χ2v) is 4.98. The van der Waals surface area contributed by atoms with Crippen molar-refractivity contribution in [1.82, 2.24) is 10.2 Å². The number of amides is 1. The molecule has 1 amide bonds. The van der Waals surface area contributed by atoms with Crippen LogP contribution in [0.1, 0.15) is 5.56 Å². The van der Waals surface area contributed by atoms with Gasteiger partial charge in [-0.15, -0.1) is 0 Å². The summed E-state index contributed by atoms with van der Waals surface area (Å²) >= 11 is 1.65. The summed E-state index contributed by atoms with van der Waals surface area (Å²) in [7, 11) is 1.65. The SMILES string of the molecule is COCCN(Cc1ccsc1)C(=O)[C@H]1C=CCN1. The zero-order chi connectivity index (χ0) is 12.8. The van der Waals surface area contributed by atoms with Crippen molar-refractivity contribution in [3.05, 3.63) is 34.5 Å². The van der Waals surface area contributed by atoms with Gasteiger partial charge < -0.3 is 9.64 Å². The first-order chi connectivity index (χ1) is 8.81. The van der Waals surface area contributed by atoms with Gasteiger partial charge in [0.25, 0.3) is 0 Å². The quantitative estimate of drug-likeness (QED) is 0.788. The van der Waals surface area contributed by atoms with Gasteiger partial charge in [-0.25, -0.2) is 0 Å². The van der Waals surface area contributed by atoms with Gasteiger partial charge in [0.15, 0.2) is 0 Å². The van der Waals surface area contributed by atoms with Crippen molar-refractivity contribution in [2.45, 2.75) is 12.6 Å². The van der Waals surface area contributed by atoms with Gasteiger partial charge in [-0.3, -0.25) is 10.1 Å². The average molecular weight is 266 g/mol. The van der Waals surface area contributed by atoms with Gasteiger partial charge in [-0.2, -0.15) is 11.3 Å². The number of hydrogen-bond acceptors (Lipinski definition) is 4. The molecule has 0 unspecified atom stereocenters. The first kappa shape index (κ1) is 13.3. The molecular weight excluding hydrogens is 248 g/mol. The van der Waals surface area contributed by atoms with E-state index in [0.29, 0.717) is 19.7 Å². The van der Waals surface area contributed by atoms with E-state index < -0.39 is 0 Å². The Morgan fingerprint density at radius 1 is 1.67 bits per heavy atom. The van der Waals surface area contributed by atoms with E-state index in [1.807, 2.05) is 22.4 Å². The van der Waals surface area contributed by atoms with Crippen molar-refractivity contribution in [3.8, 4) is 0 Å². The summed E-state index contributed by atoms with van der Waals surface area (Å²) in [4.78, 5) is 14.2. The Morgan fingerprint density at radius 3 is 3.17 bits per heavy atom. The molecule has 0 saturated heterocycles. The summed E-state index contributed by atoms with van der Waals surface area (Å²) < 4.78 is 5.07. The van der Waals surface area contributed by atoms with Crippen molar-refractivity contribution in [3.63, 3.8) is 0 Å². The minimum absolute atomic E-state index is 0.118. The van der Waals surface area contributed by atoms with Crippen molar-refractivity contribution < 1.29 is 9.53 Å². The highest BCUT2D eigenvalue weighted by atomic mass is 32.1. The summed E-state index contributed by atoms with van der Waals surface area (Å²) in [5.41, 5.74) is 1.17. The zero-order valence-electron chi connectivity index (χ0n) is 10.5. The Balaban J connectivity index is 1.99. The third-order valence-electron chi connectivity index (χ3n) is 2.88. The van der Waals surface area contributed by atoms with Crippen LogP contribution >= 0.6 is 11.3 Å². The van der Waals surface area contributed by atoms with E-state index in [0.717, 1.165) is 6.54 Å². The molecule has 1 aliphatic rings. The minimum Gasteiger partial charge on any atom is -0.383 e. The van der Waals surface area contributed by atoms with Gasteiger partial charge in [-0.05, 0) is 22.4 Å². The van der Waals surface area contributed by atoms with Crippen LogP contribution in [0.5, 0.6) is 0 Å². The molecule has 0 spiro atoms. The monoisotopic (exact) mass is 266 g/mol. The highest BCUT2D eigenvalue weighted by Gasteiger charge is 2.23. The first-order valence-corrected chi connectivity index (χ1v) is 6.94. The predicted octanol–water partition coefficient (Wildman–Crippen LogP) is 1.25. The molecule has 0 aromatic carbocycles. The van der Waals surface area contributed by atoms with Crippen LogP contribution in [0.25, 0.3) is 0 Å². The van der Waals surface area contributed by atoms with Crippen molar-refractivity contribution in [2.24, 2.45) is 0 Å². The van der Waals surface area contributed by atoms with Gasteiger partial charge in [0.1, 0.15) is 6.04 Å². The van der Waals surface area contributed by atoms with E-state index in [-0.39, 0.29) is 11.9 Å². The molecule has 0 radical (unpaired) electrons. The number of rotatable bonds is 6. The minimum atomic E-state index is -0.180. The molecule has 2 rings (SSSR count). The van der Waals surface area contributed by atoms with E-state index in [4.69, 9.17) is 4.74 Å². The van der Waals surface area contributed by atoms with Crippen molar-refractivity contribution in [2.75, 3.05) is 26.8 Å². The van der Waals surface area contributed by atoms with E-state index in [9.17, 15) is 4.79 Å². The maximum atomic E-state index is 12.3. The standard InChI is InChI=1S/C13H18N2O2S/c1-17-7-6-15(9-11-4-8-18-10-11)13(16)12-3-2-5-14-12/h2-4,8,10,12,14H,5-7,9H2,1H3/t12-/m1/s1. The van der Waals surface area contributed by atoms with Crippen LogP contribution in [0.2, 0.25) is 0 Å². The molecule has 2 heterocycles. The number of hydrogen-bond donors (Lipinski definition) is 1. The highest BCUT2D eigenvalue weighted by Crippen LogP contribution is 2.11. The lowest BCUT2D eigenvalue weighted by atomic mass is 10.2. The highest BCUT2D eigenvalue weighted by molar-refractivity contribution is 7.07. The molecule has 0 bridgehead atoms. The molecule has 1 atom stereocenters. The molecule has 1 aromatic rings. The van der Waals surface area contributed by atoms with Crippen molar-refractivity contribution in [1.29, 1.82) is 0 Å². The molecular formula is C13H18N2O2S. The largest absolute Gasteiger partial charge is 0.383 e. The maximum absolute atomic E-state index is 12.3. The number of thiophene rings is 1. The summed E-state index contributed by atoms with van der Waals surface area (Å²) in [5, 5.41) is 7.26. The smallest absolute Gasteiger partial charge is 0.244 e. The first-order valence-electron chi connectivity index (χ1n) is 6.00. The third kappa shape index (κ3) is 3.41. The molecule has 0 fully saturated rings. The Kier molecular flexibility index (Phi) is 4.92. The zero-order valence-corrected chi connectivity index (χ0v) is 11.3. The van der Waals surface area contributed by atoms with Gasteiger partial charge in [-0.1, -0.05) is 12.2 Å². The molecule has 1 aromatic heterocycles. The fourth-order valence-corrected chi connectivity index (χ4v) is 2.56. The third-order valence-corrected chi connectivity index (χ3v) is 3.61. The summed E-state index contributed by atoms with van der Waals surface area (Å²) in [6.07, 6.45) is 3.91. The number of ether oxygens (including phenoxy) is 1. The number of nitrogens with zero attached hydrogens (tertiary/aromatic N) is 1. The van der Waals surface area contributed by atoms with E-state index >= 15 is 0 Å². The van der Waals surface area contributed by atoms with E-state index in [1.54, 1.807) is 18.4 Å². The molecule has 0 aliphatic carbocycles. The maximum Gasteiger partial charge on any atom is 0.244 e. The lowest BCUT2D eigenvalue weighted by Gasteiger charge is -2.24. The fraction of sp³-hybridized carbons (Fsp3) is 0.462. The number of methoxy groups -OCH3 is 1. The summed E-state index contributed by atoms with van der Waals surface area (Å²) in [6, 6.07) is 1.87. The van der Waals surface area contributed by atoms with Gasteiger partial charge in [0.2, 0.25) is 5.91 Å². The Bertz CT molecular complexity index is 403. The van der Waals surface area contributed by atoms with E-state index in [1.165, 1.54) is 5.56 Å². The van der Waals surface area contributed by atoms with Crippen molar-refractivity contribution >= 4 is 17.2 Å². The fourth-order valence-electron chi connectivity index (χ4n) is 1.91. The molecule has 18 heavy (non-hydrogen) atoms. The molecule has 5 heteroatoms. The molecule has 1 aliphatic heterocycles. The van der Waals surface area contributed by atoms with Gasteiger partial charge in [0, 0.05) is 26.7 Å². The van der Waals surface area contributed by atoms with Gasteiger partial charge >= 0.3 is 0 Å². The van der Waals surface area contributed by atoms with Crippen LogP contribution in [0.3, 0.4) is 0 Å². The summed E-state index contributed by atoms with van der Waals surface area (Å²) in [6.45, 7) is 2.61. The average Bonchev–Trinajstić information content (AvgIpc) is 3.06. The molecule has 1 N–H and O–H groups in total. The molecule has 4 nitrogen and oxygen atoms in total. The number of carbonyl (C=O) groups excluding carboxylic acids is 1. The van der Waals surface area contributed by atoms with E-state index in [2.05, 4.69) is 16.8 Å². The van der Waals surface area contributed by atoms with Crippen LogP contribution in [0.4, 0.5) is 0 Å². The summed E-state index contributed by atoms with van der Waals surface area (Å²) in [5.74, 6) is 0.118. The number of nitrogens with one attached hydrogen (secondary N) is 1. The Hall–Kier alpha value is -1.17. The Labute approximate surface area is 111 Å². The topological polar surface area (TPSA) is 41.6 Å². The second-order valence-electron chi connectivity index (χ2n) is 4.20. The van der Waals surface area contributed by atoms with Crippen LogP contribution in [0, 0.1) is 0 Å². The molecule has 0 saturated carbocycles. The lowest BCUT2D eigenvalue weighted by Crippen LogP contribution is -2.44. The molecule has 98 valence electrons. The van der Waals surface area contributed by atoms with Crippen LogP contribution in [-0.2, 0) is 16.1 Å². The van der Waals surface area contributed by atoms with Gasteiger partial charge in [0.05, 0.1) is 6.61 Å². The Morgan fingerprint density at radius 2 is 2.56 bits per heavy atom. The lowest BCUT2D eigenvalue weighted by molar-refractivity contribution is -0.133. The van der Waals surface area contributed by atoms with Crippen LogP contribution < -0.4 is 5.32 Å².